The van der Waals surface area contributed by atoms with Crippen LogP contribution < -0.4 is 0 Å². The van der Waals surface area contributed by atoms with Crippen LogP contribution in [0.4, 0.5) is 0 Å². The number of aromatic nitrogens is 3. The molecule has 0 unspecified atom stereocenters. The minimum atomic E-state index is 0.641. The number of para-hydroxylation sites is 2. The van der Waals surface area contributed by atoms with Gasteiger partial charge in [0.25, 0.3) is 0 Å². The molecule has 0 atom stereocenters. The van der Waals surface area contributed by atoms with Gasteiger partial charge < -0.3 is 4.42 Å². The lowest BCUT2D eigenvalue weighted by molar-refractivity contribution is 0.673. The highest BCUT2D eigenvalue weighted by Crippen LogP contribution is 2.44. The highest BCUT2D eigenvalue weighted by Gasteiger charge is 2.23. The Morgan fingerprint density at radius 1 is 0.420 bits per heavy atom. The van der Waals surface area contributed by atoms with E-state index in [0.717, 1.165) is 82.8 Å². The summed E-state index contributed by atoms with van der Waals surface area (Å²) in [6.45, 7) is 0. The Balaban J connectivity index is 1.25. The van der Waals surface area contributed by atoms with Crippen LogP contribution in [0.1, 0.15) is 0 Å². The number of hydrogen-bond donors (Lipinski definition) is 0. The van der Waals surface area contributed by atoms with Crippen LogP contribution in [0.15, 0.2) is 168 Å². The third-order valence-corrected chi connectivity index (χ3v) is 10.1. The Kier molecular flexibility index (Phi) is 5.63. The first-order chi connectivity index (χ1) is 24.8. The summed E-state index contributed by atoms with van der Waals surface area (Å²) in [6, 6.07) is 57.8. The van der Waals surface area contributed by atoms with Crippen molar-refractivity contribution in [1.29, 1.82) is 0 Å². The number of rotatable bonds is 4. The molecule has 4 nitrogen and oxygen atoms in total. The van der Waals surface area contributed by atoms with E-state index in [9.17, 15) is 0 Å². The van der Waals surface area contributed by atoms with E-state index in [1.54, 1.807) is 0 Å². The van der Waals surface area contributed by atoms with Crippen molar-refractivity contribution in [1.82, 2.24) is 14.5 Å². The van der Waals surface area contributed by atoms with Gasteiger partial charge in [-0.25, -0.2) is 9.97 Å². The fourth-order valence-electron chi connectivity index (χ4n) is 7.88. The summed E-state index contributed by atoms with van der Waals surface area (Å²) in [5, 5.41) is 7.83. The molecule has 0 spiro atoms. The van der Waals surface area contributed by atoms with Crippen molar-refractivity contribution in [2.45, 2.75) is 0 Å². The number of hydrogen-bond acceptors (Lipinski definition) is 3. The molecule has 0 aliphatic heterocycles. The zero-order chi connectivity index (χ0) is 32.8. The van der Waals surface area contributed by atoms with Crippen molar-refractivity contribution in [2.75, 3.05) is 0 Å². The van der Waals surface area contributed by atoms with Gasteiger partial charge in [-0.15, -0.1) is 0 Å². The maximum atomic E-state index is 6.51. The van der Waals surface area contributed by atoms with Gasteiger partial charge in [-0.3, -0.25) is 4.57 Å². The van der Waals surface area contributed by atoms with Gasteiger partial charge >= 0.3 is 0 Å². The monoisotopic (exact) mass is 637 g/mol. The van der Waals surface area contributed by atoms with Gasteiger partial charge in [0.2, 0.25) is 5.95 Å². The molecule has 11 rings (SSSR count). The predicted octanol–water partition coefficient (Wildman–Crippen LogP) is 12.2. The molecule has 0 saturated heterocycles. The molecular formula is C46H27N3O. The summed E-state index contributed by atoms with van der Waals surface area (Å²) in [5.41, 5.74) is 11.4. The van der Waals surface area contributed by atoms with Crippen LogP contribution in [0.5, 0.6) is 0 Å². The van der Waals surface area contributed by atoms with Crippen LogP contribution in [0.2, 0.25) is 0 Å². The fourth-order valence-corrected chi connectivity index (χ4v) is 7.88. The minimum Gasteiger partial charge on any atom is -0.455 e. The van der Waals surface area contributed by atoms with Gasteiger partial charge in [-0.2, -0.15) is 0 Å². The van der Waals surface area contributed by atoms with Crippen molar-refractivity contribution >= 4 is 65.4 Å². The van der Waals surface area contributed by atoms with Crippen molar-refractivity contribution in [3.63, 3.8) is 0 Å². The van der Waals surface area contributed by atoms with Crippen molar-refractivity contribution < 1.29 is 4.42 Å². The minimum absolute atomic E-state index is 0.641. The molecule has 0 N–H and O–H groups in total. The van der Waals surface area contributed by atoms with E-state index in [1.165, 1.54) is 16.2 Å². The summed E-state index contributed by atoms with van der Waals surface area (Å²) in [6.07, 6.45) is 0. The summed E-state index contributed by atoms with van der Waals surface area (Å²) >= 11 is 0. The maximum absolute atomic E-state index is 6.51. The molecule has 0 fully saturated rings. The first kappa shape index (κ1) is 27.2. The Morgan fingerprint density at radius 3 is 1.88 bits per heavy atom. The van der Waals surface area contributed by atoms with E-state index >= 15 is 0 Å². The molecule has 232 valence electrons. The quantitative estimate of drug-likeness (QED) is 0.180. The third kappa shape index (κ3) is 3.93. The molecule has 50 heavy (non-hydrogen) atoms. The number of benzene rings is 8. The first-order valence-electron chi connectivity index (χ1n) is 16.9. The average Bonchev–Trinajstić information content (AvgIpc) is 3.73. The lowest BCUT2D eigenvalue weighted by Gasteiger charge is -2.14. The first-order valence-corrected chi connectivity index (χ1v) is 16.9. The van der Waals surface area contributed by atoms with Gasteiger partial charge in [0.1, 0.15) is 11.2 Å². The van der Waals surface area contributed by atoms with Crippen molar-refractivity contribution in [3.8, 4) is 39.5 Å². The molecule has 0 aliphatic rings. The summed E-state index contributed by atoms with van der Waals surface area (Å²) < 4.78 is 8.76. The SMILES string of the molecule is c1ccc(-c2cc(-c3ccccc3)cc(-c3nc(-n4c5cccc6ccc7c8oc9ccccc9c8cc4c7c65)nc4ccccc34)c2)cc1. The average molecular weight is 638 g/mol. The normalized spacial score (nSPS) is 12.0. The lowest BCUT2D eigenvalue weighted by Crippen LogP contribution is -2.03. The Bertz CT molecular complexity index is 3030. The van der Waals surface area contributed by atoms with E-state index in [0.29, 0.717) is 5.95 Å². The molecular weight excluding hydrogens is 611 g/mol. The number of fused-ring (bicyclic) bond motifs is 5. The molecule has 3 heterocycles. The van der Waals surface area contributed by atoms with Crippen LogP contribution in [-0.4, -0.2) is 14.5 Å². The van der Waals surface area contributed by atoms with Gasteiger partial charge in [0, 0.05) is 37.9 Å². The van der Waals surface area contributed by atoms with Crippen LogP contribution in [0.25, 0.3) is 105 Å². The van der Waals surface area contributed by atoms with Gasteiger partial charge in [-0.05, 0) is 76.2 Å². The summed E-state index contributed by atoms with van der Waals surface area (Å²) in [7, 11) is 0. The van der Waals surface area contributed by atoms with E-state index in [4.69, 9.17) is 14.4 Å². The van der Waals surface area contributed by atoms with Crippen molar-refractivity contribution in [2.24, 2.45) is 0 Å². The largest absolute Gasteiger partial charge is 0.455 e. The highest BCUT2D eigenvalue weighted by molar-refractivity contribution is 6.31. The number of nitrogens with zero attached hydrogens (tertiary/aromatic N) is 3. The molecule has 0 saturated carbocycles. The van der Waals surface area contributed by atoms with Gasteiger partial charge in [-0.1, -0.05) is 115 Å². The van der Waals surface area contributed by atoms with Crippen LogP contribution >= 0.6 is 0 Å². The predicted molar refractivity (Wildman–Crippen MR) is 206 cm³/mol. The summed E-state index contributed by atoms with van der Waals surface area (Å²) in [4.78, 5) is 10.8. The molecule has 0 radical (unpaired) electrons. The molecule has 0 aliphatic carbocycles. The molecule has 0 amide bonds. The van der Waals surface area contributed by atoms with Gasteiger partial charge in [0.15, 0.2) is 0 Å². The Morgan fingerprint density at radius 2 is 1.10 bits per heavy atom. The topological polar surface area (TPSA) is 43.9 Å². The third-order valence-electron chi connectivity index (χ3n) is 10.1. The molecule has 3 aromatic heterocycles. The molecule has 4 heteroatoms. The maximum Gasteiger partial charge on any atom is 0.235 e. The number of furan rings is 1. The van der Waals surface area contributed by atoms with Crippen LogP contribution in [0, 0.1) is 0 Å². The van der Waals surface area contributed by atoms with E-state index in [1.807, 2.05) is 12.1 Å². The van der Waals surface area contributed by atoms with E-state index in [2.05, 4.69) is 156 Å². The van der Waals surface area contributed by atoms with Crippen LogP contribution in [0.3, 0.4) is 0 Å². The molecule has 11 aromatic rings. The van der Waals surface area contributed by atoms with Crippen molar-refractivity contribution in [3.05, 3.63) is 164 Å². The van der Waals surface area contributed by atoms with E-state index < -0.39 is 0 Å². The Hall–Kier alpha value is -6.78. The zero-order valence-corrected chi connectivity index (χ0v) is 26.8. The van der Waals surface area contributed by atoms with Gasteiger partial charge in [0.05, 0.1) is 22.2 Å². The second-order valence-corrected chi connectivity index (χ2v) is 13.0. The second kappa shape index (κ2) is 10.4. The Labute approximate surface area is 286 Å². The molecule has 0 bridgehead atoms. The fraction of sp³-hybridized carbons (Fsp3) is 0. The lowest BCUT2D eigenvalue weighted by atomic mass is 9.94. The standard InChI is InChI=1S/C46H27N3O/c1-3-12-28(13-4-1)31-24-32(29-14-5-2-6-15-29)26-33(25-31)44-35-18-7-9-19-38(35)47-46(48-44)49-39-20-11-16-30-22-23-36-43(42(30)39)40(49)27-37-34-17-8-10-21-41(34)50-45(36)37/h1-27H. The zero-order valence-electron chi connectivity index (χ0n) is 26.8. The molecule has 8 aromatic carbocycles. The van der Waals surface area contributed by atoms with Crippen LogP contribution in [-0.2, 0) is 0 Å². The smallest absolute Gasteiger partial charge is 0.235 e. The summed E-state index contributed by atoms with van der Waals surface area (Å²) in [5.74, 6) is 0.641. The van der Waals surface area contributed by atoms with E-state index in [-0.39, 0.29) is 0 Å². The highest BCUT2D eigenvalue weighted by atomic mass is 16.3. The second-order valence-electron chi connectivity index (χ2n) is 13.0.